The van der Waals surface area contributed by atoms with Crippen LogP contribution in [0.4, 0.5) is 0 Å². The average Bonchev–Trinajstić information content (AvgIpc) is 3.69. The second-order valence-corrected chi connectivity index (χ2v) is 14.7. The van der Waals surface area contributed by atoms with Crippen LogP contribution in [0.2, 0.25) is 0 Å². The van der Waals surface area contributed by atoms with E-state index >= 15 is 0 Å². The number of rotatable bonds is 4. The third-order valence-corrected chi connectivity index (χ3v) is 11.4. The first kappa shape index (κ1) is 31.6. The van der Waals surface area contributed by atoms with Gasteiger partial charge >= 0.3 is 0 Å². The maximum atomic E-state index is 6.58. The molecule has 0 unspecified atom stereocenters. The van der Waals surface area contributed by atoms with E-state index in [1.165, 1.54) is 32.3 Å². The summed E-state index contributed by atoms with van der Waals surface area (Å²) in [5, 5.41) is 11.5. The number of allylic oxidation sites excluding steroid dienone is 1. The summed E-state index contributed by atoms with van der Waals surface area (Å²) in [5.74, 6) is 0.622. The fraction of sp³-hybridized carbons (Fsp3) is 0. The van der Waals surface area contributed by atoms with E-state index in [2.05, 4.69) is 180 Å². The Morgan fingerprint density at radius 1 is 0.421 bits per heavy atom. The van der Waals surface area contributed by atoms with Crippen LogP contribution < -0.4 is 0 Å². The molecule has 2 aromatic heterocycles. The Hall–Kier alpha value is -7.78. The first-order chi connectivity index (χ1) is 28.2. The van der Waals surface area contributed by atoms with Crippen molar-refractivity contribution >= 4 is 93.3 Å². The van der Waals surface area contributed by atoms with Gasteiger partial charge in [-0.05, 0) is 74.8 Å². The SMILES string of the molecule is C1=CC(c2ccc3ccccc3c2)=NC(c2ccc3ccccc3c2)=NC=1c1cc2c(cc1-n1c3ccccc3c3cc4ccccc4cc31)oc1ccccc12. The highest BCUT2D eigenvalue weighted by Gasteiger charge is 2.22. The van der Waals surface area contributed by atoms with Crippen LogP contribution in [0.25, 0.3) is 87.4 Å². The van der Waals surface area contributed by atoms with E-state index in [0.29, 0.717) is 11.5 Å². The second-order valence-electron chi connectivity index (χ2n) is 14.7. The number of nitrogens with zero attached hydrogens (tertiary/aromatic N) is 3. The summed E-state index contributed by atoms with van der Waals surface area (Å²) in [4.78, 5) is 10.8. The number of furan rings is 1. The maximum absolute atomic E-state index is 6.58. The van der Waals surface area contributed by atoms with Gasteiger partial charge in [-0.2, -0.15) is 0 Å². The number of para-hydroxylation sites is 2. The molecular formula is C53H31N3O. The van der Waals surface area contributed by atoms with Crippen molar-refractivity contribution < 1.29 is 4.42 Å². The zero-order chi connectivity index (χ0) is 37.5. The molecule has 0 atom stereocenters. The molecule has 4 nitrogen and oxygen atoms in total. The predicted molar refractivity (Wildman–Crippen MR) is 238 cm³/mol. The van der Waals surface area contributed by atoms with E-state index in [4.69, 9.17) is 14.4 Å². The summed E-state index contributed by atoms with van der Waals surface area (Å²) in [6.07, 6.45) is 2.00. The van der Waals surface area contributed by atoms with E-state index in [1.807, 2.05) is 18.2 Å². The molecule has 0 saturated carbocycles. The molecule has 57 heavy (non-hydrogen) atoms. The smallest absolute Gasteiger partial charge is 0.161 e. The predicted octanol–water partition coefficient (Wildman–Crippen LogP) is 13.6. The van der Waals surface area contributed by atoms with Crippen LogP contribution in [0.15, 0.2) is 208 Å². The van der Waals surface area contributed by atoms with Gasteiger partial charge in [-0.15, -0.1) is 0 Å². The molecule has 9 aromatic carbocycles. The lowest BCUT2D eigenvalue weighted by molar-refractivity contribution is 0.668. The van der Waals surface area contributed by atoms with Gasteiger partial charge in [0.25, 0.3) is 0 Å². The normalized spacial score (nSPS) is 13.2. The van der Waals surface area contributed by atoms with Crippen molar-refractivity contribution in [2.45, 2.75) is 0 Å². The van der Waals surface area contributed by atoms with E-state index in [9.17, 15) is 0 Å². The lowest BCUT2D eigenvalue weighted by Crippen LogP contribution is -2.04. The molecule has 1 aliphatic rings. The first-order valence-corrected chi connectivity index (χ1v) is 19.2. The maximum Gasteiger partial charge on any atom is 0.161 e. The Bertz CT molecular complexity index is 3630. The third kappa shape index (κ3) is 5.09. The zero-order valence-electron chi connectivity index (χ0n) is 30.6. The molecule has 11 aromatic rings. The number of amidine groups is 1. The summed E-state index contributed by atoms with van der Waals surface area (Å²) in [5.41, 5.74) is 12.9. The van der Waals surface area contributed by atoms with Crippen LogP contribution in [-0.2, 0) is 0 Å². The number of aromatic nitrogens is 1. The Kier molecular flexibility index (Phi) is 6.85. The molecule has 0 fully saturated rings. The molecule has 12 rings (SSSR count). The summed E-state index contributed by atoms with van der Waals surface area (Å²) < 4.78 is 8.95. The van der Waals surface area contributed by atoms with Crippen LogP contribution in [0.3, 0.4) is 0 Å². The number of hydrogen-bond donors (Lipinski definition) is 0. The van der Waals surface area contributed by atoms with Gasteiger partial charge < -0.3 is 8.98 Å². The minimum absolute atomic E-state index is 0.622. The van der Waals surface area contributed by atoms with E-state index < -0.39 is 0 Å². The second kappa shape index (κ2) is 12.4. The number of benzene rings is 9. The topological polar surface area (TPSA) is 42.8 Å². The van der Waals surface area contributed by atoms with Crippen molar-refractivity contribution in [2.75, 3.05) is 0 Å². The molecule has 0 saturated heterocycles. The third-order valence-electron chi connectivity index (χ3n) is 11.4. The Balaban J connectivity index is 1.17. The molecule has 1 aliphatic heterocycles. The number of fused-ring (bicyclic) bond motifs is 9. The van der Waals surface area contributed by atoms with E-state index in [1.54, 1.807) is 0 Å². The molecule has 3 heterocycles. The van der Waals surface area contributed by atoms with Crippen LogP contribution in [0.1, 0.15) is 16.7 Å². The summed E-state index contributed by atoms with van der Waals surface area (Å²) in [6.45, 7) is 0. The van der Waals surface area contributed by atoms with Crippen LogP contribution in [0.5, 0.6) is 0 Å². The molecule has 0 radical (unpaired) electrons. The van der Waals surface area contributed by atoms with E-state index in [0.717, 1.165) is 71.8 Å². The zero-order valence-corrected chi connectivity index (χ0v) is 30.6. The van der Waals surface area contributed by atoms with E-state index in [-0.39, 0.29) is 0 Å². The molecule has 0 aliphatic carbocycles. The van der Waals surface area contributed by atoms with Crippen molar-refractivity contribution in [3.05, 3.63) is 210 Å². The Labute approximate surface area is 327 Å². The monoisotopic (exact) mass is 725 g/mol. The molecule has 0 amide bonds. The molecule has 4 heteroatoms. The lowest BCUT2D eigenvalue weighted by Gasteiger charge is -2.14. The fourth-order valence-electron chi connectivity index (χ4n) is 8.59. The summed E-state index contributed by atoms with van der Waals surface area (Å²) >= 11 is 0. The molecule has 0 spiro atoms. The number of hydrogen-bond acceptors (Lipinski definition) is 3. The van der Waals surface area contributed by atoms with Gasteiger partial charge in [-0.25, -0.2) is 9.98 Å². The Morgan fingerprint density at radius 3 is 1.81 bits per heavy atom. The molecule has 0 N–H and O–H groups in total. The highest BCUT2D eigenvalue weighted by atomic mass is 16.3. The molecule has 264 valence electrons. The van der Waals surface area contributed by atoms with Crippen molar-refractivity contribution in [3.8, 4) is 5.69 Å². The van der Waals surface area contributed by atoms with Gasteiger partial charge in [0.05, 0.1) is 22.4 Å². The molecule has 0 bridgehead atoms. The van der Waals surface area contributed by atoms with Gasteiger partial charge in [0.2, 0.25) is 0 Å². The van der Waals surface area contributed by atoms with Crippen LogP contribution in [-0.4, -0.2) is 16.1 Å². The lowest BCUT2D eigenvalue weighted by atomic mass is 10.0. The minimum Gasteiger partial charge on any atom is -0.456 e. The highest BCUT2D eigenvalue weighted by Crippen LogP contribution is 2.41. The fourth-order valence-corrected chi connectivity index (χ4v) is 8.59. The van der Waals surface area contributed by atoms with Crippen molar-refractivity contribution in [2.24, 2.45) is 9.98 Å². The Morgan fingerprint density at radius 2 is 1.04 bits per heavy atom. The van der Waals surface area contributed by atoms with Crippen molar-refractivity contribution in [3.63, 3.8) is 0 Å². The van der Waals surface area contributed by atoms with Crippen molar-refractivity contribution in [1.82, 2.24) is 4.57 Å². The number of aliphatic imine (C=N–C) groups is 2. The van der Waals surface area contributed by atoms with Crippen molar-refractivity contribution in [1.29, 1.82) is 0 Å². The minimum atomic E-state index is 0.622. The average molecular weight is 726 g/mol. The quantitative estimate of drug-likeness (QED) is 0.167. The van der Waals surface area contributed by atoms with Gasteiger partial charge in [-0.3, -0.25) is 0 Å². The van der Waals surface area contributed by atoms with Crippen LogP contribution in [0, 0.1) is 0 Å². The van der Waals surface area contributed by atoms with Gasteiger partial charge in [0.1, 0.15) is 16.9 Å². The summed E-state index contributed by atoms with van der Waals surface area (Å²) in [7, 11) is 0. The van der Waals surface area contributed by atoms with Crippen LogP contribution >= 0.6 is 0 Å². The first-order valence-electron chi connectivity index (χ1n) is 19.2. The highest BCUT2D eigenvalue weighted by molar-refractivity contribution is 6.21. The largest absolute Gasteiger partial charge is 0.456 e. The van der Waals surface area contributed by atoms with Gasteiger partial charge in [0.15, 0.2) is 5.84 Å². The summed E-state index contributed by atoms with van der Waals surface area (Å²) in [6, 6.07) is 64.3. The van der Waals surface area contributed by atoms with Gasteiger partial charge in [0, 0.05) is 50.4 Å². The standard InChI is InChI=1S/C53H31N3O/c1-3-13-35-27-39(23-21-33(35)11-1)46-25-26-47(55-53(54-46)40-24-22-34-12-2-4-14-36(34)28-40)45-31-44-42-18-8-10-20-51(42)57-52(44)32-50(45)56-48-19-9-7-17-41(48)43-29-37-15-5-6-16-38(37)30-49(43)56/h1-25,27-32H. The molecular weight excluding hydrogens is 695 g/mol. The van der Waals surface area contributed by atoms with Gasteiger partial charge in [-0.1, -0.05) is 139 Å².